The number of carbonyl (C=O) groups is 1. The van der Waals surface area contributed by atoms with Gasteiger partial charge in [-0.2, -0.15) is 0 Å². The van der Waals surface area contributed by atoms with E-state index in [0.717, 1.165) is 9.71 Å². The van der Waals surface area contributed by atoms with Crippen molar-refractivity contribution in [1.82, 2.24) is 9.38 Å². The van der Waals surface area contributed by atoms with Gasteiger partial charge in [0.25, 0.3) is 0 Å². The predicted octanol–water partition coefficient (Wildman–Crippen LogP) is 2.00. The molecule has 13 heavy (non-hydrogen) atoms. The van der Waals surface area contributed by atoms with Gasteiger partial charge in [-0.3, -0.25) is 9.20 Å². The Morgan fingerprint density at radius 1 is 1.69 bits per heavy atom. The van der Waals surface area contributed by atoms with E-state index in [9.17, 15) is 4.79 Å². The topological polar surface area (TPSA) is 34.4 Å². The smallest absolute Gasteiger partial charge is 0.152 e. The predicted molar refractivity (Wildman–Crippen MR) is 52.8 cm³/mol. The van der Waals surface area contributed by atoms with Crippen LogP contribution in [0.4, 0.5) is 0 Å². The third-order valence-electron chi connectivity index (χ3n) is 1.60. The van der Waals surface area contributed by atoms with Crippen LogP contribution in [0.25, 0.3) is 10.9 Å². The Kier molecular flexibility index (Phi) is 1.98. The van der Waals surface area contributed by atoms with E-state index < -0.39 is 0 Å². The Morgan fingerprint density at radius 2 is 2.54 bits per heavy atom. The van der Waals surface area contributed by atoms with E-state index in [0.29, 0.717) is 0 Å². The molecular weight excluding hydrogens is 184 g/mol. The molecule has 0 aliphatic rings. The first-order valence-electron chi connectivity index (χ1n) is 3.86. The average Bonchev–Trinajstić information content (AvgIpc) is 2.58. The fourth-order valence-corrected chi connectivity index (χ4v) is 1.89. The number of allylic oxidation sites excluding steroid dienone is 1. The van der Waals surface area contributed by atoms with Gasteiger partial charge in [-0.05, 0) is 19.1 Å². The molecule has 0 aromatic carbocycles. The lowest BCUT2D eigenvalue weighted by atomic mass is 10.4. The van der Waals surface area contributed by atoms with Gasteiger partial charge in [-0.15, -0.1) is 11.3 Å². The maximum atomic E-state index is 10.7. The number of rotatable bonds is 2. The monoisotopic (exact) mass is 192 g/mol. The molecule has 0 aliphatic heterocycles. The Bertz CT molecular complexity index is 438. The van der Waals surface area contributed by atoms with Crippen molar-refractivity contribution < 1.29 is 4.79 Å². The fraction of sp³-hybridized carbons (Fsp3) is 0.111. The van der Waals surface area contributed by atoms with Gasteiger partial charge >= 0.3 is 0 Å². The van der Waals surface area contributed by atoms with Gasteiger partial charge in [0.1, 0.15) is 4.83 Å². The lowest BCUT2D eigenvalue weighted by Gasteiger charge is -1.79. The molecule has 66 valence electrons. The van der Waals surface area contributed by atoms with Crippen molar-refractivity contribution in [1.29, 1.82) is 0 Å². The number of carbonyl (C=O) groups excluding carboxylic acids is 1. The van der Waals surface area contributed by atoms with Crippen molar-refractivity contribution in [3.05, 3.63) is 29.7 Å². The van der Waals surface area contributed by atoms with Gasteiger partial charge in [-0.25, -0.2) is 4.98 Å². The summed E-state index contributed by atoms with van der Waals surface area (Å²) in [5, 5.41) is 0. The zero-order chi connectivity index (χ0) is 9.26. The van der Waals surface area contributed by atoms with Crippen molar-refractivity contribution in [3.63, 3.8) is 0 Å². The average molecular weight is 192 g/mol. The third kappa shape index (κ3) is 1.67. The minimum atomic E-state index is 0.0659. The number of nitrogens with zero attached hydrogens (tertiary/aromatic N) is 2. The molecule has 0 radical (unpaired) electrons. The van der Waals surface area contributed by atoms with Crippen LogP contribution >= 0.6 is 11.3 Å². The molecule has 0 atom stereocenters. The highest BCUT2D eigenvalue weighted by atomic mass is 32.1. The van der Waals surface area contributed by atoms with E-state index in [-0.39, 0.29) is 5.78 Å². The minimum Gasteiger partial charge on any atom is -0.296 e. The van der Waals surface area contributed by atoms with E-state index >= 15 is 0 Å². The number of aromatic nitrogens is 2. The number of ketones is 1. The van der Waals surface area contributed by atoms with Crippen LogP contribution in [0.1, 0.15) is 11.8 Å². The normalized spacial score (nSPS) is 11.5. The quantitative estimate of drug-likeness (QED) is 0.682. The lowest BCUT2D eigenvalue weighted by molar-refractivity contribution is -0.112. The summed E-state index contributed by atoms with van der Waals surface area (Å²) in [5.74, 6) is 0.0659. The lowest BCUT2D eigenvalue weighted by Crippen LogP contribution is -1.78. The van der Waals surface area contributed by atoms with Gasteiger partial charge in [0.05, 0.1) is 12.5 Å². The molecule has 2 heterocycles. The molecular formula is C9H8N2OS. The summed E-state index contributed by atoms with van der Waals surface area (Å²) in [6, 6.07) is 0. The summed E-state index contributed by atoms with van der Waals surface area (Å²) >= 11 is 1.61. The second-order valence-corrected chi connectivity index (χ2v) is 3.81. The van der Waals surface area contributed by atoms with Crippen LogP contribution in [0.15, 0.2) is 24.8 Å². The van der Waals surface area contributed by atoms with E-state index in [1.807, 2.05) is 16.7 Å². The fourth-order valence-electron chi connectivity index (χ4n) is 1.03. The summed E-state index contributed by atoms with van der Waals surface area (Å²) in [6.45, 7) is 1.54. The maximum Gasteiger partial charge on any atom is 0.152 e. The first-order valence-corrected chi connectivity index (χ1v) is 4.67. The number of imidazole rings is 1. The number of thiazole rings is 1. The van der Waals surface area contributed by atoms with E-state index in [1.165, 1.54) is 0 Å². The molecule has 4 heteroatoms. The minimum absolute atomic E-state index is 0.0659. The van der Waals surface area contributed by atoms with Gasteiger partial charge in [-0.1, -0.05) is 0 Å². The Morgan fingerprint density at radius 3 is 3.23 bits per heavy atom. The van der Waals surface area contributed by atoms with Crippen LogP contribution < -0.4 is 0 Å². The highest BCUT2D eigenvalue weighted by Crippen LogP contribution is 2.18. The number of fused-ring (bicyclic) bond motifs is 1. The van der Waals surface area contributed by atoms with Crippen molar-refractivity contribution in [2.45, 2.75) is 6.92 Å². The SMILES string of the molecule is CC(=O)/C=C/c1cn2cncc2s1. The molecule has 0 fully saturated rings. The molecule has 2 aromatic rings. The zero-order valence-electron chi connectivity index (χ0n) is 7.10. The maximum absolute atomic E-state index is 10.7. The van der Waals surface area contributed by atoms with E-state index in [4.69, 9.17) is 0 Å². The first-order chi connectivity index (χ1) is 6.25. The van der Waals surface area contributed by atoms with Crippen LogP contribution in [0.5, 0.6) is 0 Å². The molecule has 0 bridgehead atoms. The Hall–Kier alpha value is -1.42. The standard InChI is InChI=1S/C9H8N2OS/c1-7(12)2-3-8-5-11-6-10-4-9(11)13-8/h2-6H,1H3/b3-2+. The van der Waals surface area contributed by atoms with Crippen molar-refractivity contribution in [3.8, 4) is 0 Å². The van der Waals surface area contributed by atoms with Gasteiger partial charge in [0.15, 0.2) is 5.78 Å². The van der Waals surface area contributed by atoms with Crippen LogP contribution in [-0.2, 0) is 4.79 Å². The summed E-state index contributed by atoms with van der Waals surface area (Å²) in [5.41, 5.74) is 0. The molecule has 3 nitrogen and oxygen atoms in total. The summed E-state index contributed by atoms with van der Waals surface area (Å²) in [6.07, 6.45) is 8.89. The third-order valence-corrected chi connectivity index (χ3v) is 2.60. The van der Waals surface area contributed by atoms with Crippen molar-refractivity contribution in [2.24, 2.45) is 0 Å². The van der Waals surface area contributed by atoms with E-state index in [1.54, 1.807) is 36.9 Å². The molecule has 0 saturated carbocycles. The molecule has 0 amide bonds. The molecule has 0 saturated heterocycles. The zero-order valence-corrected chi connectivity index (χ0v) is 7.91. The van der Waals surface area contributed by atoms with Gasteiger partial charge in [0.2, 0.25) is 0 Å². The highest BCUT2D eigenvalue weighted by molar-refractivity contribution is 7.18. The number of hydrogen-bond donors (Lipinski definition) is 0. The summed E-state index contributed by atoms with van der Waals surface area (Å²) in [7, 11) is 0. The molecule has 0 aliphatic carbocycles. The van der Waals surface area contributed by atoms with E-state index in [2.05, 4.69) is 4.98 Å². The largest absolute Gasteiger partial charge is 0.296 e. The second-order valence-electron chi connectivity index (χ2n) is 2.72. The molecule has 0 spiro atoms. The van der Waals surface area contributed by atoms with Crippen LogP contribution in [0.3, 0.4) is 0 Å². The Labute approximate surface area is 79.3 Å². The van der Waals surface area contributed by atoms with Crippen molar-refractivity contribution in [2.75, 3.05) is 0 Å². The number of hydrogen-bond acceptors (Lipinski definition) is 3. The van der Waals surface area contributed by atoms with Gasteiger partial charge < -0.3 is 0 Å². The van der Waals surface area contributed by atoms with Crippen LogP contribution in [0, 0.1) is 0 Å². The summed E-state index contributed by atoms with van der Waals surface area (Å²) in [4.78, 5) is 16.8. The van der Waals surface area contributed by atoms with Crippen LogP contribution in [-0.4, -0.2) is 15.2 Å². The molecule has 0 N–H and O–H groups in total. The molecule has 0 unspecified atom stereocenters. The van der Waals surface area contributed by atoms with Gasteiger partial charge in [0, 0.05) is 11.1 Å². The highest BCUT2D eigenvalue weighted by Gasteiger charge is 1.97. The Balaban J connectivity index is 2.34. The summed E-state index contributed by atoms with van der Waals surface area (Å²) < 4.78 is 1.93. The van der Waals surface area contributed by atoms with Crippen molar-refractivity contribution >= 4 is 28.0 Å². The second kappa shape index (κ2) is 3.14. The molecule has 2 aromatic heterocycles. The van der Waals surface area contributed by atoms with Crippen LogP contribution in [0.2, 0.25) is 0 Å². The molecule has 2 rings (SSSR count). The first kappa shape index (κ1) is 8.19.